The highest BCUT2D eigenvalue weighted by atomic mass is 16.5. The molecule has 0 radical (unpaired) electrons. The van der Waals surface area contributed by atoms with Crippen molar-refractivity contribution in [3.05, 3.63) is 0 Å². The third-order valence-electron chi connectivity index (χ3n) is 5.15. The SMILES string of the molecule is COC1(C)CCCN(C(C)CC(C)(NC2CC2)C(N)=O)C1. The fourth-order valence-electron chi connectivity index (χ4n) is 3.42. The van der Waals surface area contributed by atoms with Gasteiger partial charge in [0.2, 0.25) is 5.91 Å². The van der Waals surface area contributed by atoms with Crippen LogP contribution in [0.25, 0.3) is 0 Å². The summed E-state index contributed by atoms with van der Waals surface area (Å²) in [6.45, 7) is 8.30. The predicted octanol–water partition coefficient (Wildman–Crippen LogP) is 1.26. The molecule has 0 aromatic carbocycles. The Balaban J connectivity index is 1.97. The largest absolute Gasteiger partial charge is 0.377 e. The molecule has 1 saturated carbocycles. The number of rotatable bonds is 7. The highest BCUT2D eigenvalue weighted by Gasteiger charge is 2.40. The zero-order valence-corrected chi connectivity index (χ0v) is 13.9. The van der Waals surface area contributed by atoms with Crippen LogP contribution in [-0.4, -0.2) is 54.2 Å². The maximum atomic E-state index is 11.9. The molecule has 5 heteroatoms. The van der Waals surface area contributed by atoms with Gasteiger partial charge in [-0.1, -0.05) is 0 Å². The molecule has 0 aromatic heterocycles. The average molecular weight is 297 g/mol. The first-order valence-corrected chi connectivity index (χ1v) is 8.15. The van der Waals surface area contributed by atoms with Crippen molar-refractivity contribution >= 4 is 5.91 Å². The van der Waals surface area contributed by atoms with Gasteiger partial charge in [0.15, 0.2) is 0 Å². The van der Waals surface area contributed by atoms with Gasteiger partial charge in [-0.2, -0.15) is 0 Å². The number of hydrogen-bond acceptors (Lipinski definition) is 4. The van der Waals surface area contributed by atoms with Crippen molar-refractivity contribution < 1.29 is 9.53 Å². The van der Waals surface area contributed by atoms with E-state index in [0.29, 0.717) is 12.1 Å². The quantitative estimate of drug-likeness (QED) is 0.742. The molecule has 5 nitrogen and oxygen atoms in total. The van der Waals surface area contributed by atoms with Gasteiger partial charge in [-0.25, -0.2) is 0 Å². The van der Waals surface area contributed by atoms with E-state index >= 15 is 0 Å². The van der Waals surface area contributed by atoms with E-state index in [2.05, 4.69) is 24.1 Å². The minimum absolute atomic E-state index is 0.0699. The summed E-state index contributed by atoms with van der Waals surface area (Å²) in [4.78, 5) is 14.3. The number of methoxy groups -OCH3 is 1. The third kappa shape index (κ3) is 4.18. The van der Waals surface area contributed by atoms with E-state index in [1.54, 1.807) is 7.11 Å². The monoisotopic (exact) mass is 297 g/mol. The first-order valence-electron chi connectivity index (χ1n) is 8.15. The van der Waals surface area contributed by atoms with Crippen molar-refractivity contribution in [2.24, 2.45) is 5.73 Å². The molecule has 0 bridgehead atoms. The molecule has 1 aliphatic heterocycles. The van der Waals surface area contributed by atoms with Gasteiger partial charge in [-0.3, -0.25) is 9.69 Å². The standard InChI is InChI=1S/C16H31N3O2/c1-12(19-9-5-8-15(2,11-19)21-4)10-16(3,14(17)20)18-13-6-7-13/h12-13,18H,5-11H2,1-4H3,(H2,17,20). The summed E-state index contributed by atoms with van der Waals surface area (Å²) in [5.41, 5.74) is 4.98. The van der Waals surface area contributed by atoms with Gasteiger partial charge in [0.25, 0.3) is 0 Å². The van der Waals surface area contributed by atoms with Crippen LogP contribution >= 0.6 is 0 Å². The Morgan fingerprint density at radius 1 is 1.57 bits per heavy atom. The molecule has 2 aliphatic rings. The molecule has 2 rings (SSSR count). The summed E-state index contributed by atoms with van der Waals surface area (Å²) >= 11 is 0. The van der Waals surface area contributed by atoms with E-state index in [9.17, 15) is 4.79 Å². The van der Waals surface area contributed by atoms with E-state index < -0.39 is 5.54 Å². The number of amides is 1. The van der Waals surface area contributed by atoms with Gasteiger partial charge in [0.1, 0.15) is 0 Å². The molecule has 1 amide bonds. The van der Waals surface area contributed by atoms with Crippen LogP contribution in [0.15, 0.2) is 0 Å². The van der Waals surface area contributed by atoms with Crippen LogP contribution in [0, 0.1) is 0 Å². The number of carbonyl (C=O) groups is 1. The van der Waals surface area contributed by atoms with Gasteiger partial charge in [0, 0.05) is 25.7 Å². The molecular weight excluding hydrogens is 266 g/mol. The van der Waals surface area contributed by atoms with Gasteiger partial charge in [0.05, 0.1) is 11.1 Å². The number of primary amides is 1. The van der Waals surface area contributed by atoms with Gasteiger partial charge in [-0.15, -0.1) is 0 Å². The summed E-state index contributed by atoms with van der Waals surface area (Å²) < 4.78 is 5.66. The van der Waals surface area contributed by atoms with Crippen LogP contribution in [0.4, 0.5) is 0 Å². The summed E-state index contributed by atoms with van der Waals surface area (Å²) in [6, 6.07) is 0.781. The topological polar surface area (TPSA) is 67.6 Å². The number of nitrogens with two attached hydrogens (primary N) is 1. The Kier molecular flexibility index (Phi) is 4.96. The predicted molar refractivity (Wildman–Crippen MR) is 84.1 cm³/mol. The van der Waals surface area contributed by atoms with Crippen LogP contribution < -0.4 is 11.1 Å². The van der Waals surface area contributed by atoms with E-state index in [4.69, 9.17) is 10.5 Å². The Hall–Kier alpha value is -0.650. The number of nitrogens with zero attached hydrogens (tertiary/aromatic N) is 1. The highest BCUT2D eigenvalue weighted by molar-refractivity contribution is 5.84. The molecule has 0 spiro atoms. The number of nitrogens with one attached hydrogen (secondary N) is 1. The number of ether oxygens (including phenoxy) is 1. The van der Waals surface area contributed by atoms with Crippen LogP contribution in [0.1, 0.15) is 52.9 Å². The molecule has 3 atom stereocenters. The fourth-order valence-corrected chi connectivity index (χ4v) is 3.42. The van der Waals surface area contributed by atoms with Crippen molar-refractivity contribution in [2.45, 2.75) is 76.1 Å². The average Bonchev–Trinajstić information content (AvgIpc) is 3.22. The lowest BCUT2D eigenvalue weighted by atomic mass is 9.88. The minimum atomic E-state index is -0.610. The second-order valence-corrected chi connectivity index (χ2v) is 7.40. The molecule has 3 unspecified atom stereocenters. The Morgan fingerprint density at radius 3 is 2.76 bits per heavy atom. The molecule has 1 aliphatic carbocycles. The van der Waals surface area contributed by atoms with Gasteiger partial charge < -0.3 is 15.8 Å². The second-order valence-electron chi connectivity index (χ2n) is 7.40. The summed E-state index contributed by atoms with van der Waals surface area (Å²) in [6.07, 6.45) is 5.29. The molecule has 1 heterocycles. The lowest BCUT2D eigenvalue weighted by Gasteiger charge is -2.44. The van der Waals surface area contributed by atoms with Crippen LogP contribution in [0.2, 0.25) is 0 Å². The molecule has 21 heavy (non-hydrogen) atoms. The number of likely N-dealkylation sites (tertiary alicyclic amines) is 1. The zero-order valence-electron chi connectivity index (χ0n) is 13.9. The molecule has 2 fully saturated rings. The first kappa shape index (κ1) is 16.7. The fraction of sp³-hybridized carbons (Fsp3) is 0.938. The van der Waals surface area contributed by atoms with E-state index in [1.807, 2.05) is 6.92 Å². The lowest BCUT2D eigenvalue weighted by Crippen LogP contribution is -2.58. The van der Waals surface area contributed by atoms with E-state index in [0.717, 1.165) is 45.2 Å². The summed E-state index contributed by atoms with van der Waals surface area (Å²) in [5.74, 6) is -0.243. The van der Waals surface area contributed by atoms with Crippen molar-refractivity contribution in [1.29, 1.82) is 0 Å². The maximum absolute atomic E-state index is 11.9. The zero-order chi connectivity index (χ0) is 15.7. The maximum Gasteiger partial charge on any atom is 0.237 e. The highest BCUT2D eigenvalue weighted by Crippen LogP contribution is 2.29. The molecule has 3 N–H and O–H groups in total. The molecular formula is C16H31N3O2. The van der Waals surface area contributed by atoms with Crippen molar-refractivity contribution in [2.75, 3.05) is 20.2 Å². The van der Waals surface area contributed by atoms with Crippen molar-refractivity contribution in [3.8, 4) is 0 Å². The Labute approximate surface area is 128 Å². The third-order valence-corrected chi connectivity index (χ3v) is 5.15. The summed E-state index contributed by atoms with van der Waals surface area (Å²) in [5, 5.41) is 3.44. The first-order chi connectivity index (χ1) is 9.78. The minimum Gasteiger partial charge on any atom is -0.377 e. The Morgan fingerprint density at radius 2 is 2.24 bits per heavy atom. The number of carbonyl (C=O) groups excluding carboxylic acids is 1. The smallest absolute Gasteiger partial charge is 0.237 e. The van der Waals surface area contributed by atoms with E-state index in [1.165, 1.54) is 0 Å². The van der Waals surface area contributed by atoms with Crippen LogP contribution in [0.5, 0.6) is 0 Å². The second kappa shape index (κ2) is 6.23. The van der Waals surface area contributed by atoms with Crippen molar-refractivity contribution in [1.82, 2.24) is 10.2 Å². The normalized spacial score (nSPS) is 31.6. The molecule has 122 valence electrons. The van der Waals surface area contributed by atoms with Crippen molar-refractivity contribution in [3.63, 3.8) is 0 Å². The number of piperidine rings is 1. The van der Waals surface area contributed by atoms with Crippen LogP contribution in [0.3, 0.4) is 0 Å². The Bertz CT molecular complexity index is 386. The summed E-state index contributed by atoms with van der Waals surface area (Å²) in [7, 11) is 1.79. The molecule has 1 saturated heterocycles. The van der Waals surface area contributed by atoms with E-state index in [-0.39, 0.29) is 11.5 Å². The van der Waals surface area contributed by atoms with Gasteiger partial charge in [-0.05, 0) is 59.4 Å². The lowest BCUT2D eigenvalue weighted by molar-refractivity contribution is -0.125. The molecule has 0 aromatic rings. The van der Waals surface area contributed by atoms with Gasteiger partial charge >= 0.3 is 0 Å². The van der Waals surface area contributed by atoms with Crippen LogP contribution in [-0.2, 0) is 9.53 Å². The number of hydrogen-bond donors (Lipinski definition) is 2.